The van der Waals surface area contributed by atoms with Crippen molar-refractivity contribution in [3.05, 3.63) is 78.4 Å². The first-order chi connectivity index (χ1) is 13.7. The highest BCUT2D eigenvalue weighted by atomic mass is 16.2. The van der Waals surface area contributed by atoms with E-state index in [1.54, 1.807) is 24.3 Å². The summed E-state index contributed by atoms with van der Waals surface area (Å²) in [6, 6.07) is 23.3. The minimum atomic E-state index is -0.432. The van der Waals surface area contributed by atoms with E-state index >= 15 is 0 Å². The fourth-order valence-electron chi connectivity index (χ4n) is 3.64. The number of anilines is 1. The molecule has 142 valence electrons. The first kappa shape index (κ1) is 18.0. The summed E-state index contributed by atoms with van der Waals surface area (Å²) in [5, 5.41) is 7.80. The van der Waals surface area contributed by atoms with Gasteiger partial charge in [-0.3, -0.25) is 10.1 Å². The molecule has 3 aromatic carbocycles. The first-order valence-corrected chi connectivity index (χ1v) is 9.60. The monoisotopic (exact) mass is 373 g/mol. The molecule has 0 aliphatic carbocycles. The lowest BCUT2D eigenvalue weighted by molar-refractivity contribution is 0.0963. The Hall–Kier alpha value is -3.34. The summed E-state index contributed by atoms with van der Waals surface area (Å²) in [6.45, 7) is 1.74. The van der Waals surface area contributed by atoms with E-state index in [1.165, 1.54) is 16.5 Å². The lowest BCUT2D eigenvalue weighted by Crippen LogP contribution is -2.49. The van der Waals surface area contributed by atoms with Gasteiger partial charge in [-0.05, 0) is 47.9 Å². The van der Waals surface area contributed by atoms with Crippen molar-refractivity contribution in [2.24, 2.45) is 0 Å². The summed E-state index contributed by atoms with van der Waals surface area (Å²) in [7, 11) is 0. The Labute approximate surface area is 164 Å². The van der Waals surface area contributed by atoms with Crippen LogP contribution in [-0.2, 0) is 0 Å². The second-order valence-corrected chi connectivity index (χ2v) is 7.09. The zero-order chi connectivity index (χ0) is 19.3. The zero-order valence-corrected chi connectivity index (χ0v) is 15.6. The molecule has 5 nitrogen and oxygen atoms in total. The largest absolute Gasteiger partial charge is 0.371 e. The first-order valence-electron chi connectivity index (χ1n) is 9.60. The molecule has 5 heteroatoms. The Kier molecular flexibility index (Phi) is 5.24. The summed E-state index contributed by atoms with van der Waals surface area (Å²) in [4.78, 5) is 26.5. The van der Waals surface area contributed by atoms with E-state index in [9.17, 15) is 9.59 Å². The van der Waals surface area contributed by atoms with Crippen LogP contribution in [0.2, 0.25) is 0 Å². The Morgan fingerprint density at radius 2 is 1.50 bits per heavy atom. The highest BCUT2D eigenvalue weighted by Crippen LogP contribution is 2.24. The highest BCUT2D eigenvalue weighted by Gasteiger charge is 2.22. The summed E-state index contributed by atoms with van der Waals surface area (Å²) < 4.78 is 0. The minimum Gasteiger partial charge on any atom is -0.371 e. The molecule has 1 fully saturated rings. The van der Waals surface area contributed by atoms with Crippen molar-refractivity contribution in [1.29, 1.82) is 0 Å². The summed E-state index contributed by atoms with van der Waals surface area (Å²) >= 11 is 0. The molecule has 1 heterocycles. The standard InChI is InChI=1S/C23H23N3O2/c27-22(18-7-2-1-3-8-18)25-23(28)24-20-12-14-26(15-13-20)21-11-10-17-6-4-5-9-19(17)16-21/h1-11,16,20H,12-15H2,(H2,24,25,27,28). The second-order valence-electron chi connectivity index (χ2n) is 7.09. The number of fused-ring (bicyclic) bond motifs is 1. The normalized spacial score (nSPS) is 14.6. The third-order valence-electron chi connectivity index (χ3n) is 5.19. The maximum atomic E-state index is 12.1. The molecule has 4 rings (SSSR count). The molecule has 1 aliphatic heterocycles. The third kappa shape index (κ3) is 4.14. The van der Waals surface area contributed by atoms with Gasteiger partial charge in [0.25, 0.3) is 5.91 Å². The van der Waals surface area contributed by atoms with Gasteiger partial charge in [-0.2, -0.15) is 0 Å². The number of nitrogens with one attached hydrogen (secondary N) is 2. The van der Waals surface area contributed by atoms with Crippen molar-refractivity contribution < 1.29 is 9.59 Å². The molecular formula is C23H23N3O2. The number of carbonyl (C=O) groups is 2. The number of piperidine rings is 1. The number of amides is 3. The number of hydrogen-bond acceptors (Lipinski definition) is 3. The van der Waals surface area contributed by atoms with Gasteiger partial charge in [0.1, 0.15) is 0 Å². The van der Waals surface area contributed by atoms with Gasteiger partial charge in [0.15, 0.2) is 0 Å². The Balaban J connectivity index is 1.30. The van der Waals surface area contributed by atoms with Gasteiger partial charge in [0.2, 0.25) is 0 Å². The fraction of sp³-hybridized carbons (Fsp3) is 0.217. The van der Waals surface area contributed by atoms with Crippen molar-refractivity contribution in [2.45, 2.75) is 18.9 Å². The molecule has 0 unspecified atom stereocenters. The van der Waals surface area contributed by atoms with Crippen molar-refractivity contribution in [1.82, 2.24) is 10.6 Å². The summed E-state index contributed by atoms with van der Waals surface area (Å²) in [6.07, 6.45) is 1.69. The molecule has 0 aromatic heterocycles. The number of benzene rings is 3. The number of nitrogens with zero attached hydrogens (tertiary/aromatic N) is 1. The lowest BCUT2D eigenvalue weighted by atomic mass is 10.0. The summed E-state index contributed by atoms with van der Waals surface area (Å²) in [5.74, 6) is -0.383. The number of carbonyl (C=O) groups excluding carboxylic acids is 2. The Morgan fingerprint density at radius 3 is 2.25 bits per heavy atom. The van der Waals surface area contributed by atoms with Gasteiger partial charge in [0.05, 0.1) is 0 Å². The van der Waals surface area contributed by atoms with Gasteiger partial charge >= 0.3 is 6.03 Å². The third-order valence-corrected chi connectivity index (χ3v) is 5.19. The number of urea groups is 1. The SMILES string of the molecule is O=C(NC(=O)c1ccccc1)NC1CCN(c2ccc3ccccc3c2)CC1. The zero-order valence-electron chi connectivity index (χ0n) is 15.6. The average Bonchev–Trinajstić information content (AvgIpc) is 2.74. The predicted octanol–water partition coefficient (Wildman–Crippen LogP) is 3.95. The van der Waals surface area contributed by atoms with E-state index in [4.69, 9.17) is 0 Å². The number of rotatable bonds is 3. The van der Waals surface area contributed by atoms with Crippen LogP contribution in [0.1, 0.15) is 23.2 Å². The molecule has 2 N–H and O–H groups in total. The van der Waals surface area contributed by atoms with Crippen LogP contribution in [0.3, 0.4) is 0 Å². The maximum absolute atomic E-state index is 12.1. The molecule has 3 amide bonds. The van der Waals surface area contributed by atoms with Crippen molar-refractivity contribution >= 4 is 28.4 Å². The van der Waals surface area contributed by atoms with Crippen LogP contribution in [0.15, 0.2) is 72.8 Å². The van der Waals surface area contributed by atoms with Gasteiger partial charge in [-0.1, -0.05) is 48.5 Å². The molecule has 0 saturated carbocycles. The average molecular weight is 373 g/mol. The molecular weight excluding hydrogens is 350 g/mol. The summed E-state index contributed by atoms with van der Waals surface area (Å²) in [5.41, 5.74) is 1.68. The fourth-order valence-corrected chi connectivity index (χ4v) is 3.64. The smallest absolute Gasteiger partial charge is 0.321 e. The van der Waals surface area contributed by atoms with Crippen LogP contribution < -0.4 is 15.5 Å². The predicted molar refractivity (Wildman–Crippen MR) is 112 cm³/mol. The van der Waals surface area contributed by atoms with E-state index in [0.717, 1.165) is 25.9 Å². The highest BCUT2D eigenvalue weighted by molar-refractivity contribution is 6.04. The van der Waals surface area contributed by atoms with Crippen molar-refractivity contribution in [3.8, 4) is 0 Å². The second kappa shape index (κ2) is 8.13. The molecule has 0 atom stereocenters. The van der Waals surface area contributed by atoms with Crippen molar-refractivity contribution in [2.75, 3.05) is 18.0 Å². The maximum Gasteiger partial charge on any atom is 0.321 e. The Bertz CT molecular complexity index is 979. The number of imide groups is 1. The molecule has 0 radical (unpaired) electrons. The molecule has 0 spiro atoms. The molecule has 1 saturated heterocycles. The van der Waals surface area contributed by atoms with Gasteiger partial charge < -0.3 is 10.2 Å². The Morgan fingerprint density at radius 1 is 0.821 bits per heavy atom. The van der Waals surface area contributed by atoms with E-state index in [0.29, 0.717) is 5.56 Å². The molecule has 1 aliphatic rings. The van der Waals surface area contributed by atoms with E-state index in [2.05, 4.69) is 51.9 Å². The van der Waals surface area contributed by atoms with E-state index in [-0.39, 0.29) is 11.9 Å². The molecule has 3 aromatic rings. The van der Waals surface area contributed by atoms with Crippen molar-refractivity contribution in [3.63, 3.8) is 0 Å². The van der Waals surface area contributed by atoms with Crippen LogP contribution in [0.4, 0.5) is 10.5 Å². The number of hydrogen-bond donors (Lipinski definition) is 2. The van der Waals surface area contributed by atoms with Crippen LogP contribution in [0.25, 0.3) is 10.8 Å². The van der Waals surface area contributed by atoms with Crippen LogP contribution >= 0.6 is 0 Å². The van der Waals surface area contributed by atoms with E-state index in [1.807, 2.05) is 12.1 Å². The van der Waals surface area contributed by atoms with Gasteiger partial charge in [-0.15, -0.1) is 0 Å². The quantitative estimate of drug-likeness (QED) is 0.731. The van der Waals surface area contributed by atoms with Crippen LogP contribution in [0.5, 0.6) is 0 Å². The van der Waals surface area contributed by atoms with Crippen LogP contribution in [-0.4, -0.2) is 31.1 Å². The van der Waals surface area contributed by atoms with Crippen LogP contribution in [0, 0.1) is 0 Å². The topological polar surface area (TPSA) is 61.4 Å². The minimum absolute atomic E-state index is 0.0697. The van der Waals surface area contributed by atoms with Gasteiger partial charge in [-0.25, -0.2) is 4.79 Å². The molecule has 0 bridgehead atoms. The molecule has 28 heavy (non-hydrogen) atoms. The lowest BCUT2D eigenvalue weighted by Gasteiger charge is -2.34. The van der Waals surface area contributed by atoms with Gasteiger partial charge in [0, 0.05) is 30.4 Å². The van der Waals surface area contributed by atoms with E-state index < -0.39 is 6.03 Å².